The highest BCUT2D eigenvalue weighted by Gasteiger charge is 2.08. The van der Waals surface area contributed by atoms with Crippen molar-refractivity contribution in [3.8, 4) is 11.5 Å². The molecule has 1 unspecified atom stereocenters. The monoisotopic (exact) mass is 247 g/mol. The first-order valence-electron chi connectivity index (χ1n) is 5.91. The standard InChI is InChI=1S/C13H17N3O2/c1-10(17-2)8-14-9-12-15-16-13(18-12)11-6-4-3-5-7-11/h3-7,10,14H,8-9H2,1-2H3. The minimum atomic E-state index is 0.168. The highest BCUT2D eigenvalue weighted by molar-refractivity contribution is 5.51. The second-order valence-corrected chi connectivity index (χ2v) is 4.04. The molecule has 96 valence electrons. The molecule has 0 saturated heterocycles. The zero-order valence-electron chi connectivity index (χ0n) is 10.6. The van der Waals surface area contributed by atoms with Gasteiger partial charge in [-0.15, -0.1) is 10.2 Å². The molecule has 2 rings (SSSR count). The van der Waals surface area contributed by atoms with Crippen LogP contribution in [0.2, 0.25) is 0 Å². The first-order valence-corrected chi connectivity index (χ1v) is 5.91. The lowest BCUT2D eigenvalue weighted by atomic mass is 10.2. The van der Waals surface area contributed by atoms with E-state index in [0.29, 0.717) is 18.3 Å². The van der Waals surface area contributed by atoms with Crippen molar-refractivity contribution >= 4 is 0 Å². The molecule has 1 aromatic carbocycles. The summed E-state index contributed by atoms with van der Waals surface area (Å²) in [4.78, 5) is 0. The number of benzene rings is 1. The molecule has 0 aliphatic rings. The van der Waals surface area contributed by atoms with Crippen LogP contribution in [0.5, 0.6) is 0 Å². The molecule has 0 fully saturated rings. The van der Waals surface area contributed by atoms with Crippen LogP contribution >= 0.6 is 0 Å². The van der Waals surface area contributed by atoms with Crippen LogP contribution in [-0.4, -0.2) is 30.0 Å². The van der Waals surface area contributed by atoms with Crippen LogP contribution in [0.15, 0.2) is 34.7 Å². The van der Waals surface area contributed by atoms with Crippen molar-refractivity contribution < 1.29 is 9.15 Å². The van der Waals surface area contributed by atoms with Crippen molar-refractivity contribution in [3.05, 3.63) is 36.2 Å². The molecule has 0 aliphatic heterocycles. The molecule has 18 heavy (non-hydrogen) atoms. The van der Waals surface area contributed by atoms with Gasteiger partial charge in [-0.25, -0.2) is 0 Å². The summed E-state index contributed by atoms with van der Waals surface area (Å²) in [6.45, 7) is 3.29. The fourth-order valence-electron chi connectivity index (χ4n) is 1.49. The second-order valence-electron chi connectivity index (χ2n) is 4.04. The maximum absolute atomic E-state index is 5.56. The number of nitrogens with one attached hydrogen (secondary N) is 1. The highest BCUT2D eigenvalue weighted by atomic mass is 16.5. The summed E-state index contributed by atoms with van der Waals surface area (Å²) >= 11 is 0. The lowest BCUT2D eigenvalue weighted by Crippen LogP contribution is -2.25. The van der Waals surface area contributed by atoms with Gasteiger partial charge in [-0.05, 0) is 19.1 Å². The Kier molecular flexibility index (Phi) is 4.44. The lowest BCUT2D eigenvalue weighted by molar-refractivity contribution is 0.116. The third kappa shape index (κ3) is 3.38. The summed E-state index contributed by atoms with van der Waals surface area (Å²) in [6, 6.07) is 9.72. The number of nitrogens with zero attached hydrogens (tertiary/aromatic N) is 2. The Morgan fingerprint density at radius 1 is 1.28 bits per heavy atom. The van der Waals surface area contributed by atoms with Crippen molar-refractivity contribution in [2.24, 2.45) is 0 Å². The van der Waals surface area contributed by atoms with Gasteiger partial charge in [0.25, 0.3) is 0 Å². The molecule has 2 aromatic rings. The van der Waals surface area contributed by atoms with Crippen molar-refractivity contribution in [1.29, 1.82) is 0 Å². The fourth-order valence-corrected chi connectivity index (χ4v) is 1.49. The van der Waals surface area contributed by atoms with E-state index in [1.54, 1.807) is 7.11 Å². The molecule has 0 amide bonds. The molecule has 1 heterocycles. The van der Waals surface area contributed by atoms with Crippen LogP contribution in [0.25, 0.3) is 11.5 Å². The maximum Gasteiger partial charge on any atom is 0.247 e. The first kappa shape index (κ1) is 12.7. The van der Waals surface area contributed by atoms with Crippen LogP contribution in [0.4, 0.5) is 0 Å². The van der Waals surface area contributed by atoms with Gasteiger partial charge in [0.15, 0.2) is 0 Å². The average Bonchev–Trinajstić information content (AvgIpc) is 2.88. The number of methoxy groups -OCH3 is 1. The molecule has 5 heteroatoms. The van der Waals surface area contributed by atoms with Gasteiger partial charge in [0.1, 0.15) is 0 Å². The maximum atomic E-state index is 5.56. The molecule has 0 radical (unpaired) electrons. The van der Waals surface area contributed by atoms with Crippen molar-refractivity contribution in [3.63, 3.8) is 0 Å². The topological polar surface area (TPSA) is 60.2 Å². The molecule has 5 nitrogen and oxygen atoms in total. The smallest absolute Gasteiger partial charge is 0.247 e. The van der Waals surface area contributed by atoms with Crippen molar-refractivity contribution in [1.82, 2.24) is 15.5 Å². The van der Waals surface area contributed by atoms with Gasteiger partial charge in [-0.3, -0.25) is 0 Å². The molecular weight excluding hydrogens is 230 g/mol. The third-order valence-electron chi connectivity index (χ3n) is 2.60. The lowest BCUT2D eigenvalue weighted by Gasteiger charge is -2.08. The van der Waals surface area contributed by atoms with Crippen LogP contribution in [0, 0.1) is 0 Å². The minimum absolute atomic E-state index is 0.168. The fraction of sp³-hybridized carbons (Fsp3) is 0.385. The molecule has 0 spiro atoms. The van der Waals surface area contributed by atoms with Gasteiger partial charge < -0.3 is 14.5 Å². The van der Waals surface area contributed by atoms with Crippen LogP contribution in [-0.2, 0) is 11.3 Å². The number of hydrogen-bond donors (Lipinski definition) is 1. The van der Waals surface area contributed by atoms with E-state index >= 15 is 0 Å². The Morgan fingerprint density at radius 2 is 2.06 bits per heavy atom. The Bertz CT molecular complexity index is 470. The van der Waals surface area contributed by atoms with Gasteiger partial charge in [0.05, 0.1) is 12.6 Å². The van der Waals surface area contributed by atoms with E-state index in [2.05, 4.69) is 15.5 Å². The van der Waals surface area contributed by atoms with E-state index in [1.807, 2.05) is 37.3 Å². The van der Waals surface area contributed by atoms with Gasteiger partial charge in [-0.2, -0.15) is 0 Å². The Hall–Kier alpha value is -1.72. The summed E-state index contributed by atoms with van der Waals surface area (Å²) in [5.41, 5.74) is 0.932. The van der Waals surface area contributed by atoms with E-state index in [1.165, 1.54) is 0 Å². The predicted octanol–water partition coefficient (Wildman–Crippen LogP) is 1.86. The Labute approximate surface area is 106 Å². The SMILES string of the molecule is COC(C)CNCc1nnc(-c2ccccc2)o1. The summed E-state index contributed by atoms with van der Waals surface area (Å²) in [7, 11) is 1.69. The average molecular weight is 247 g/mol. The van der Waals surface area contributed by atoms with Gasteiger partial charge in [0, 0.05) is 19.2 Å². The predicted molar refractivity (Wildman–Crippen MR) is 67.9 cm³/mol. The van der Waals surface area contributed by atoms with Gasteiger partial charge in [-0.1, -0.05) is 18.2 Å². The van der Waals surface area contributed by atoms with E-state index in [9.17, 15) is 0 Å². The second kappa shape index (κ2) is 6.28. The summed E-state index contributed by atoms with van der Waals surface area (Å²) in [5.74, 6) is 1.13. The van der Waals surface area contributed by atoms with Crippen molar-refractivity contribution in [2.75, 3.05) is 13.7 Å². The number of ether oxygens (including phenoxy) is 1. The van der Waals surface area contributed by atoms with Crippen LogP contribution in [0.1, 0.15) is 12.8 Å². The molecule has 0 aliphatic carbocycles. The Balaban J connectivity index is 1.91. The summed E-state index contributed by atoms with van der Waals surface area (Å²) < 4.78 is 10.7. The van der Waals surface area contributed by atoms with Crippen molar-refractivity contribution in [2.45, 2.75) is 19.6 Å². The van der Waals surface area contributed by atoms with E-state index in [-0.39, 0.29) is 6.10 Å². The third-order valence-corrected chi connectivity index (χ3v) is 2.60. The quantitative estimate of drug-likeness (QED) is 0.844. The minimum Gasteiger partial charge on any atom is -0.419 e. The van der Waals surface area contributed by atoms with E-state index in [0.717, 1.165) is 12.1 Å². The van der Waals surface area contributed by atoms with Crippen LogP contribution < -0.4 is 5.32 Å². The van der Waals surface area contributed by atoms with Crippen LogP contribution in [0.3, 0.4) is 0 Å². The zero-order chi connectivity index (χ0) is 12.8. The summed E-state index contributed by atoms with van der Waals surface area (Å²) in [5, 5.41) is 11.2. The number of aromatic nitrogens is 2. The molecule has 0 saturated carbocycles. The largest absolute Gasteiger partial charge is 0.419 e. The van der Waals surface area contributed by atoms with Gasteiger partial charge >= 0.3 is 0 Å². The molecule has 1 aromatic heterocycles. The summed E-state index contributed by atoms with van der Waals surface area (Å²) in [6.07, 6.45) is 0.168. The number of rotatable bonds is 6. The molecule has 1 N–H and O–H groups in total. The highest BCUT2D eigenvalue weighted by Crippen LogP contribution is 2.16. The van der Waals surface area contributed by atoms with Gasteiger partial charge in [0.2, 0.25) is 11.8 Å². The normalized spacial score (nSPS) is 12.6. The zero-order valence-corrected chi connectivity index (χ0v) is 10.6. The van der Waals surface area contributed by atoms with E-state index in [4.69, 9.17) is 9.15 Å². The molecule has 1 atom stereocenters. The molecule has 0 bridgehead atoms. The van der Waals surface area contributed by atoms with E-state index < -0.39 is 0 Å². The molecular formula is C13H17N3O2. The number of hydrogen-bond acceptors (Lipinski definition) is 5. The Morgan fingerprint density at radius 3 is 2.78 bits per heavy atom. The first-order chi connectivity index (χ1) is 8.79.